The van der Waals surface area contributed by atoms with Crippen molar-refractivity contribution < 1.29 is 4.79 Å². The molecule has 0 saturated carbocycles. The van der Waals surface area contributed by atoms with E-state index in [1.165, 1.54) is 6.08 Å². The van der Waals surface area contributed by atoms with Gasteiger partial charge in [-0.1, -0.05) is 18.2 Å². The Hall–Kier alpha value is -2.69. The maximum atomic E-state index is 11.7. The van der Waals surface area contributed by atoms with Crippen LogP contribution in [0.25, 0.3) is 0 Å². The van der Waals surface area contributed by atoms with Gasteiger partial charge in [0, 0.05) is 24.5 Å². The van der Waals surface area contributed by atoms with Gasteiger partial charge in [-0.25, -0.2) is 9.97 Å². The van der Waals surface area contributed by atoms with Crippen LogP contribution in [-0.2, 0) is 4.79 Å². The van der Waals surface area contributed by atoms with E-state index in [9.17, 15) is 4.79 Å². The summed E-state index contributed by atoms with van der Waals surface area (Å²) >= 11 is 0. The lowest BCUT2D eigenvalue weighted by Gasteiger charge is -2.09. The fraction of sp³-hybridized carbons (Fsp3) is 0.133. The maximum Gasteiger partial charge on any atom is 0.249 e. The van der Waals surface area contributed by atoms with Gasteiger partial charge in [-0.15, -0.1) is 0 Å². The van der Waals surface area contributed by atoms with E-state index in [2.05, 4.69) is 20.6 Å². The summed E-state index contributed by atoms with van der Waals surface area (Å²) in [5, 5.41) is 5.85. The molecule has 2 rings (SSSR count). The summed E-state index contributed by atoms with van der Waals surface area (Å²) < 4.78 is 0. The van der Waals surface area contributed by atoms with Gasteiger partial charge in [0.15, 0.2) is 0 Å². The van der Waals surface area contributed by atoms with E-state index in [0.29, 0.717) is 5.82 Å². The molecular weight excluding hydrogens is 252 g/mol. The molecule has 0 aromatic carbocycles. The van der Waals surface area contributed by atoms with Crippen molar-refractivity contribution in [2.75, 3.05) is 10.6 Å². The normalized spacial score (nSPS) is 12.1. The van der Waals surface area contributed by atoms with E-state index in [-0.39, 0.29) is 11.9 Å². The number of hydrogen-bond acceptors (Lipinski definition) is 4. The van der Waals surface area contributed by atoms with Gasteiger partial charge >= 0.3 is 0 Å². The lowest BCUT2D eigenvalue weighted by molar-refractivity contribution is -0.111. The molecule has 2 aromatic heterocycles. The Morgan fingerprint density at radius 3 is 2.35 bits per heavy atom. The molecule has 0 saturated heterocycles. The van der Waals surface area contributed by atoms with E-state index in [4.69, 9.17) is 0 Å². The van der Waals surface area contributed by atoms with E-state index >= 15 is 0 Å². The van der Waals surface area contributed by atoms with Crippen molar-refractivity contribution in [3.8, 4) is 0 Å². The van der Waals surface area contributed by atoms with Gasteiger partial charge in [-0.3, -0.25) is 4.79 Å². The summed E-state index contributed by atoms with van der Waals surface area (Å²) in [5.41, 5.74) is 0. The van der Waals surface area contributed by atoms with Gasteiger partial charge < -0.3 is 10.6 Å². The number of hydrogen-bond donors (Lipinski definition) is 2. The van der Waals surface area contributed by atoms with Crippen LogP contribution in [0.1, 0.15) is 6.92 Å². The molecule has 0 fully saturated rings. The van der Waals surface area contributed by atoms with Crippen LogP contribution in [0.3, 0.4) is 0 Å². The highest BCUT2D eigenvalue weighted by atomic mass is 16.1. The van der Waals surface area contributed by atoms with E-state index in [1.54, 1.807) is 30.6 Å². The lowest BCUT2D eigenvalue weighted by Crippen LogP contribution is -2.15. The fourth-order valence-electron chi connectivity index (χ4n) is 1.57. The molecule has 0 radical (unpaired) electrons. The molecule has 1 amide bonds. The monoisotopic (exact) mass is 268 g/mol. The number of anilines is 2. The summed E-state index contributed by atoms with van der Waals surface area (Å²) in [6.07, 6.45) is 6.60. The third kappa shape index (κ3) is 4.53. The second-order valence-electron chi connectivity index (χ2n) is 4.21. The van der Waals surface area contributed by atoms with Crippen LogP contribution in [0.5, 0.6) is 0 Å². The van der Waals surface area contributed by atoms with Crippen molar-refractivity contribution in [3.63, 3.8) is 0 Å². The zero-order chi connectivity index (χ0) is 14.2. The largest absolute Gasteiger partial charge is 0.364 e. The van der Waals surface area contributed by atoms with Crippen molar-refractivity contribution >= 4 is 17.5 Å². The minimum atomic E-state index is -0.210. The zero-order valence-electron chi connectivity index (χ0n) is 11.2. The molecule has 5 nitrogen and oxygen atoms in total. The number of carbonyl (C=O) groups excluding carboxylic acids is 1. The van der Waals surface area contributed by atoms with Crippen molar-refractivity contribution in [3.05, 3.63) is 60.9 Å². The van der Waals surface area contributed by atoms with Gasteiger partial charge in [0.2, 0.25) is 5.91 Å². The first kappa shape index (κ1) is 13.7. The van der Waals surface area contributed by atoms with Gasteiger partial charge in [0.25, 0.3) is 0 Å². The topological polar surface area (TPSA) is 66.9 Å². The Labute approximate surface area is 117 Å². The van der Waals surface area contributed by atoms with Gasteiger partial charge in [0.05, 0.1) is 0 Å². The molecule has 102 valence electrons. The summed E-state index contributed by atoms with van der Waals surface area (Å²) in [5.74, 6) is 1.10. The second kappa shape index (κ2) is 7.04. The van der Waals surface area contributed by atoms with Crippen molar-refractivity contribution in [1.29, 1.82) is 0 Å². The van der Waals surface area contributed by atoms with Crippen molar-refractivity contribution in [2.24, 2.45) is 0 Å². The van der Waals surface area contributed by atoms with Crippen LogP contribution in [0.4, 0.5) is 11.6 Å². The van der Waals surface area contributed by atoms with Crippen LogP contribution in [0.2, 0.25) is 0 Å². The van der Waals surface area contributed by atoms with Crippen LogP contribution < -0.4 is 10.6 Å². The number of aromatic nitrogens is 2. The summed E-state index contributed by atoms with van der Waals surface area (Å²) in [7, 11) is 0. The Bertz CT molecular complexity index is 569. The molecular formula is C15H16N4O. The molecule has 5 heteroatoms. The Balaban J connectivity index is 1.84. The van der Waals surface area contributed by atoms with E-state index in [0.717, 1.165) is 5.82 Å². The highest BCUT2D eigenvalue weighted by molar-refractivity contribution is 5.98. The van der Waals surface area contributed by atoms with Gasteiger partial charge in [0.1, 0.15) is 11.6 Å². The molecule has 2 aromatic rings. The number of pyridine rings is 2. The summed E-state index contributed by atoms with van der Waals surface area (Å²) in [6.45, 7) is 1.94. The molecule has 0 aliphatic heterocycles. The Kier molecular flexibility index (Phi) is 4.83. The number of amides is 1. The molecule has 0 unspecified atom stereocenters. The highest BCUT2D eigenvalue weighted by Crippen LogP contribution is 2.04. The lowest BCUT2D eigenvalue weighted by atomic mass is 10.3. The number of nitrogens with zero attached hydrogens (tertiary/aromatic N) is 2. The zero-order valence-corrected chi connectivity index (χ0v) is 11.2. The molecule has 0 bridgehead atoms. The Morgan fingerprint density at radius 2 is 1.75 bits per heavy atom. The molecule has 2 heterocycles. The quantitative estimate of drug-likeness (QED) is 0.817. The van der Waals surface area contributed by atoms with E-state index < -0.39 is 0 Å². The first-order valence-electron chi connectivity index (χ1n) is 6.32. The van der Waals surface area contributed by atoms with Crippen LogP contribution in [0.15, 0.2) is 60.9 Å². The van der Waals surface area contributed by atoms with Gasteiger partial charge in [-0.05, 0) is 31.2 Å². The fourth-order valence-corrected chi connectivity index (χ4v) is 1.57. The minimum Gasteiger partial charge on any atom is -0.364 e. The molecule has 0 aliphatic carbocycles. The first-order valence-corrected chi connectivity index (χ1v) is 6.32. The molecule has 1 atom stereocenters. The third-order valence-electron chi connectivity index (χ3n) is 2.49. The van der Waals surface area contributed by atoms with Crippen LogP contribution in [-0.4, -0.2) is 21.9 Å². The third-order valence-corrected chi connectivity index (χ3v) is 2.49. The van der Waals surface area contributed by atoms with Crippen molar-refractivity contribution in [2.45, 2.75) is 13.0 Å². The number of rotatable bonds is 5. The average molecular weight is 268 g/mol. The van der Waals surface area contributed by atoms with Crippen molar-refractivity contribution in [1.82, 2.24) is 9.97 Å². The Morgan fingerprint density at radius 1 is 1.10 bits per heavy atom. The highest BCUT2D eigenvalue weighted by Gasteiger charge is 2.01. The second-order valence-corrected chi connectivity index (χ2v) is 4.21. The minimum absolute atomic E-state index is 0.000572. The summed E-state index contributed by atoms with van der Waals surface area (Å²) in [4.78, 5) is 19.9. The predicted octanol–water partition coefficient (Wildman–Crippen LogP) is 2.47. The number of nitrogens with one attached hydrogen (secondary N) is 2. The molecule has 0 spiro atoms. The van der Waals surface area contributed by atoms with Crippen LogP contribution in [0, 0.1) is 0 Å². The summed E-state index contributed by atoms with van der Waals surface area (Å²) in [6, 6.07) is 11.0. The maximum absolute atomic E-state index is 11.7. The SMILES string of the molecule is C[C@H](/C=C/C(=O)Nc1ccccn1)Nc1ccccn1. The molecule has 2 N–H and O–H groups in total. The smallest absolute Gasteiger partial charge is 0.249 e. The first-order chi connectivity index (χ1) is 9.74. The molecule has 0 aliphatic rings. The number of carbonyl (C=O) groups is 1. The van der Waals surface area contributed by atoms with Crippen LogP contribution >= 0.6 is 0 Å². The molecule has 20 heavy (non-hydrogen) atoms. The van der Waals surface area contributed by atoms with Gasteiger partial charge in [-0.2, -0.15) is 0 Å². The van der Waals surface area contributed by atoms with E-state index in [1.807, 2.05) is 31.2 Å². The standard InChI is InChI=1S/C15H16N4O/c1-12(18-13-6-2-4-10-16-13)8-9-15(20)19-14-7-3-5-11-17-14/h2-12H,1H3,(H,16,18)(H,17,19,20)/b9-8+/t12-/m1/s1. The predicted molar refractivity (Wildman–Crippen MR) is 79.3 cm³/mol. The average Bonchev–Trinajstić information content (AvgIpc) is 2.47.